The van der Waals surface area contributed by atoms with Crippen molar-refractivity contribution in [2.75, 3.05) is 6.54 Å². The molecule has 0 saturated carbocycles. The summed E-state index contributed by atoms with van der Waals surface area (Å²) < 4.78 is 0. The maximum atomic E-state index is 10.8. The Labute approximate surface area is 78.2 Å². The Kier molecular flexibility index (Phi) is 3.14. The predicted molar refractivity (Wildman–Crippen MR) is 48.6 cm³/mol. The van der Waals surface area contributed by atoms with Crippen molar-refractivity contribution in [3.05, 3.63) is 0 Å². The zero-order chi connectivity index (χ0) is 10.0. The largest absolute Gasteiger partial charge is 0.465 e. The van der Waals surface area contributed by atoms with Crippen LogP contribution in [-0.4, -0.2) is 39.9 Å². The van der Waals surface area contributed by atoms with E-state index in [1.165, 1.54) is 4.90 Å². The number of carbonyl (C=O) groups is 1. The molecule has 1 rings (SSSR count). The van der Waals surface area contributed by atoms with E-state index in [0.29, 0.717) is 13.0 Å². The standard InChI is InChI=1S/C9H17NO3/c1-3-7-5-10(9(12)13)6(2)4-8(7)11/h6-8,11H,3-5H2,1-2H3,(H,12,13)/t6-,7+,8+/m0/s1. The molecule has 0 aliphatic carbocycles. The normalized spacial score (nSPS) is 34.7. The van der Waals surface area contributed by atoms with E-state index in [1.807, 2.05) is 13.8 Å². The van der Waals surface area contributed by atoms with Crippen LogP contribution in [0.5, 0.6) is 0 Å². The van der Waals surface area contributed by atoms with Gasteiger partial charge in [-0.05, 0) is 19.8 Å². The van der Waals surface area contributed by atoms with Gasteiger partial charge < -0.3 is 15.1 Å². The number of aliphatic hydroxyl groups is 1. The highest BCUT2D eigenvalue weighted by Gasteiger charge is 2.33. The number of aliphatic hydroxyl groups excluding tert-OH is 1. The molecule has 4 nitrogen and oxygen atoms in total. The molecule has 0 aromatic carbocycles. The van der Waals surface area contributed by atoms with Crippen molar-refractivity contribution in [2.24, 2.45) is 5.92 Å². The maximum Gasteiger partial charge on any atom is 0.407 e. The van der Waals surface area contributed by atoms with Gasteiger partial charge in [-0.25, -0.2) is 4.79 Å². The minimum absolute atomic E-state index is 0.0599. The summed E-state index contributed by atoms with van der Waals surface area (Å²) in [5.74, 6) is 0.104. The van der Waals surface area contributed by atoms with Gasteiger partial charge in [-0.15, -0.1) is 0 Å². The fourth-order valence-electron chi connectivity index (χ4n) is 1.89. The van der Waals surface area contributed by atoms with Crippen LogP contribution in [0.1, 0.15) is 26.7 Å². The molecule has 1 fully saturated rings. The second-order valence-electron chi connectivity index (χ2n) is 3.76. The number of carboxylic acid groups (broad SMARTS) is 1. The zero-order valence-corrected chi connectivity index (χ0v) is 8.10. The van der Waals surface area contributed by atoms with Gasteiger partial charge in [0.15, 0.2) is 0 Å². The molecule has 0 unspecified atom stereocenters. The zero-order valence-electron chi connectivity index (χ0n) is 8.10. The van der Waals surface area contributed by atoms with Crippen molar-refractivity contribution in [1.29, 1.82) is 0 Å². The summed E-state index contributed by atoms with van der Waals surface area (Å²) in [5, 5.41) is 18.5. The van der Waals surface area contributed by atoms with Gasteiger partial charge in [-0.1, -0.05) is 6.92 Å². The summed E-state index contributed by atoms with van der Waals surface area (Å²) in [7, 11) is 0. The summed E-state index contributed by atoms with van der Waals surface area (Å²) >= 11 is 0. The molecule has 0 aromatic heterocycles. The SMILES string of the molecule is CC[C@@H]1CN(C(=O)O)[C@@H](C)C[C@H]1O. The van der Waals surface area contributed by atoms with Crippen molar-refractivity contribution >= 4 is 6.09 Å². The summed E-state index contributed by atoms with van der Waals surface area (Å²) in [6.45, 7) is 4.28. The minimum Gasteiger partial charge on any atom is -0.465 e. The Balaban J connectivity index is 2.63. The fourth-order valence-corrected chi connectivity index (χ4v) is 1.89. The number of amides is 1. The van der Waals surface area contributed by atoms with Gasteiger partial charge in [0.1, 0.15) is 0 Å². The Morgan fingerprint density at radius 2 is 2.23 bits per heavy atom. The Morgan fingerprint density at radius 3 is 2.69 bits per heavy atom. The molecule has 1 saturated heterocycles. The van der Waals surface area contributed by atoms with Crippen molar-refractivity contribution in [3.8, 4) is 0 Å². The molecule has 0 spiro atoms. The van der Waals surface area contributed by atoms with Crippen molar-refractivity contribution in [2.45, 2.75) is 38.8 Å². The topological polar surface area (TPSA) is 60.8 Å². The first-order valence-corrected chi connectivity index (χ1v) is 4.73. The van der Waals surface area contributed by atoms with E-state index in [0.717, 1.165) is 6.42 Å². The lowest BCUT2D eigenvalue weighted by molar-refractivity contribution is 0.00345. The smallest absolute Gasteiger partial charge is 0.407 e. The van der Waals surface area contributed by atoms with Gasteiger partial charge in [0.2, 0.25) is 0 Å². The molecule has 13 heavy (non-hydrogen) atoms. The number of rotatable bonds is 1. The Morgan fingerprint density at radius 1 is 1.62 bits per heavy atom. The first-order valence-electron chi connectivity index (χ1n) is 4.73. The molecule has 1 amide bonds. The van der Waals surface area contributed by atoms with E-state index < -0.39 is 6.09 Å². The maximum absolute atomic E-state index is 10.8. The van der Waals surface area contributed by atoms with Crippen LogP contribution in [0.25, 0.3) is 0 Å². The third-order valence-corrected chi connectivity index (χ3v) is 2.86. The van der Waals surface area contributed by atoms with Crippen LogP contribution in [-0.2, 0) is 0 Å². The number of piperidine rings is 1. The summed E-state index contributed by atoms with van der Waals surface area (Å²) in [6.07, 6.45) is 0.177. The van der Waals surface area contributed by atoms with Gasteiger partial charge >= 0.3 is 6.09 Å². The van der Waals surface area contributed by atoms with Crippen molar-refractivity contribution in [1.82, 2.24) is 4.90 Å². The molecule has 3 atom stereocenters. The summed E-state index contributed by atoms with van der Waals surface area (Å²) in [5.41, 5.74) is 0. The lowest BCUT2D eigenvalue weighted by Gasteiger charge is -2.38. The van der Waals surface area contributed by atoms with Gasteiger partial charge in [0.25, 0.3) is 0 Å². The number of likely N-dealkylation sites (tertiary alicyclic amines) is 1. The molecular weight excluding hydrogens is 170 g/mol. The molecule has 4 heteroatoms. The van der Waals surface area contributed by atoms with E-state index >= 15 is 0 Å². The third-order valence-electron chi connectivity index (χ3n) is 2.86. The monoisotopic (exact) mass is 187 g/mol. The van der Waals surface area contributed by atoms with Gasteiger partial charge in [0, 0.05) is 18.5 Å². The van der Waals surface area contributed by atoms with Crippen LogP contribution in [0.3, 0.4) is 0 Å². The van der Waals surface area contributed by atoms with Crippen LogP contribution in [0.15, 0.2) is 0 Å². The van der Waals surface area contributed by atoms with Crippen LogP contribution >= 0.6 is 0 Å². The first kappa shape index (κ1) is 10.3. The lowest BCUT2D eigenvalue weighted by Crippen LogP contribution is -2.50. The van der Waals surface area contributed by atoms with Gasteiger partial charge in [0.05, 0.1) is 6.10 Å². The van der Waals surface area contributed by atoms with Crippen LogP contribution in [0, 0.1) is 5.92 Å². The average molecular weight is 187 g/mol. The number of hydrogen-bond donors (Lipinski definition) is 2. The highest BCUT2D eigenvalue weighted by molar-refractivity contribution is 5.65. The van der Waals surface area contributed by atoms with Crippen LogP contribution in [0.4, 0.5) is 4.79 Å². The number of nitrogens with zero attached hydrogens (tertiary/aromatic N) is 1. The average Bonchev–Trinajstić information content (AvgIpc) is 2.03. The number of hydrogen-bond acceptors (Lipinski definition) is 2. The predicted octanol–water partition coefficient (Wildman–Crippen LogP) is 1.15. The van der Waals surface area contributed by atoms with E-state index in [9.17, 15) is 9.90 Å². The molecule has 0 bridgehead atoms. The minimum atomic E-state index is -0.877. The second kappa shape index (κ2) is 3.96. The Hall–Kier alpha value is -0.770. The molecule has 1 aliphatic rings. The molecule has 0 aromatic rings. The Bertz CT molecular complexity index is 195. The van der Waals surface area contributed by atoms with Crippen LogP contribution < -0.4 is 0 Å². The molecule has 1 heterocycles. The van der Waals surface area contributed by atoms with Gasteiger partial charge in [-0.3, -0.25) is 0 Å². The van der Waals surface area contributed by atoms with E-state index in [2.05, 4.69) is 0 Å². The molecule has 76 valence electrons. The molecule has 1 aliphatic heterocycles. The van der Waals surface area contributed by atoms with Gasteiger partial charge in [-0.2, -0.15) is 0 Å². The lowest BCUT2D eigenvalue weighted by atomic mass is 9.89. The molecule has 0 radical (unpaired) electrons. The summed E-state index contributed by atoms with van der Waals surface area (Å²) in [4.78, 5) is 12.2. The second-order valence-corrected chi connectivity index (χ2v) is 3.76. The van der Waals surface area contributed by atoms with Crippen LogP contribution in [0.2, 0.25) is 0 Å². The first-order chi connectivity index (χ1) is 6.06. The quantitative estimate of drug-likeness (QED) is 0.647. The highest BCUT2D eigenvalue weighted by atomic mass is 16.4. The fraction of sp³-hybridized carbons (Fsp3) is 0.889. The summed E-state index contributed by atoms with van der Waals surface area (Å²) in [6, 6.07) is -0.0599. The highest BCUT2D eigenvalue weighted by Crippen LogP contribution is 2.24. The third kappa shape index (κ3) is 2.12. The van der Waals surface area contributed by atoms with E-state index in [1.54, 1.807) is 0 Å². The van der Waals surface area contributed by atoms with E-state index in [4.69, 9.17) is 5.11 Å². The molecular formula is C9H17NO3. The molecule has 2 N–H and O–H groups in total. The van der Waals surface area contributed by atoms with Crippen molar-refractivity contribution < 1.29 is 15.0 Å². The van der Waals surface area contributed by atoms with E-state index in [-0.39, 0.29) is 18.1 Å². The van der Waals surface area contributed by atoms with Crippen molar-refractivity contribution in [3.63, 3.8) is 0 Å².